The van der Waals surface area contributed by atoms with Gasteiger partial charge in [0.2, 0.25) is 5.54 Å². The zero-order valence-electron chi connectivity index (χ0n) is 15.4. The monoisotopic (exact) mass is 374 g/mol. The molecular formula is C21H28NO3S+. The topological polar surface area (TPSA) is 51.2 Å². The quantitative estimate of drug-likeness (QED) is 0.486. The van der Waals surface area contributed by atoms with E-state index in [1.807, 2.05) is 37.3 Å². The largest absolute Gasteiger partial charge is 0.383 e. The second kappa shape index (κ2) is 7.65. The Morgan fingerprint density at radius 1 is 1.08 bits per heavy atom. The summed E-state index contributed by atoms with van der Waals surface area (Å²) in [5.41, 5.74) is -0.260. The number of rotatable bonds is 5. The number of amides is 1. The molecule has 1 saturated heterocycles. The van der Waals surface area contributed by atoms with E-state index < -0.39 is 5.54 Å². The van der Waals surface area contributed by atoms with Crippen molar-refractivity contribution in [3.05, 3.63) is 35.9 Å². The predicted molar refractivity (Wildman–Crippen MR) is 104 cm³/mol. The van der Waals surface area contributed by atoms with Crippen LogP contribution < -0.4 is 0 Å². The minimum atomic E-state index is -1.06. The second-order valence-corrected chi connectivity index (χ2v) is 8.05. The molecule has 0 radical (unpaired) electrons. The fourth-order valence-corrected chi connectivity index (χ4v) is 5.56. The summed E-state index contributed by atoms with van der Waals surface area (Å²) in [6, 6.07) is 9.43. The molecule has 1 aromatic rings. The summed E-state index contributed by atoms with van der Waals surface area (Å²) < 4.78 is -0.103. The van der Waals surface area contributed by atoms with Gasteiger partial charge in [-0.25, -0.2) is 9.28 Å². The van der Waals surface area contributed by atoms with Crippen LogP contribution in [0.25, 0.3) is 0 Å². The fourth-order valence-electron chi connectivity index (χ4n) is 5.13. The average molecular weight is 375 g/mol. The number of ketones is 1. The summed E-state index contributed by atoms with van der Waals surface area (Å²) >= 11 is 4.23. The molecule has 1 aliphatic carbocycles. The van der Waals surface area contributed by atoms with Gasteiger partial charge in [0.25, 0.3) is 10.9 Å². The molecule has 0 bridgehead atoms. The van der Waals surface area contributed by atoms with Crippen molar-refractivity contribution in [1.29, 1.82) is 0 Å². The molecular weight excluding hydrogens is 346 g/mol. The van der Waals surface area contributed by atoms with Crippen LogP contribution in [0.5, 0.6) is 0 Å². The van der Waals surface area contributed by atoms with Gasteiger partial charge in [-0.1, -0.05) is 62.2 Å². The molecule has 2 atom stereocenters. The van der Waals surface area contributed by atoms with Crippen molar-refractivity contribution in [3.63, 3.8) is 0 Å². The molecule has 2 aliphatic rings. The number of hydrogen-bond acceptors (Lipinski definition) is 3. The van der Waals surface area contributed by atoms with Crippen molar-refractivity contribution >= 4 is 29.4 Å². The van der Waals surface area contributed by atoms with Crippen LogP contribution in [0, 0.1) is 5.92 Å². The number of likely N-dealkylation sites (N-methyl/N-ethyl adjacent to an activating group) is 1. The van der Waals surface area contributed by atoms with Gasteiger partial charge < -0.3 is 0 Å². The Bertz CT molecular complexity index is 698. The first-order valence-corrected chi connectivity index (χ1v) is 10.2. The Morgan fingerprint density at radius 2 is 1.73 bits per heavy atom. The second-order valence-electron chi connectivity index (χ2n) is 7.65. The molecule has 2 fully saturated rings. The van der Waals surface area contributed by atoms with Crippen LogP contribution >= 0.6 is 12.6 Å². The number of carbonyl (C=O) groups excluding carboxylic acids is 3. The minimum absolute atomic E-state index is 0.103. The molecule has 3 rings (SSSR count). The number of carbonyl (C=O) groups is 3. The number of nitrogens with zero attached hydrogens (tertiary/aromatic N) is 1. The summed E-state index contributed by atoms with van der Waals surface area (Å²) in [4.78, 5) is 39.4. The van der Waals surface area contributed by atoms with E-state index in [-0.39, 0.29) is 27.2 Å². The van der Waals surface area contributed by atoms with Gasteiger partial charge in [0.1, 0.15) is 0 Å². The van der Waals surface area contributed by atoms with Crippen molar-refractivity contribution in [3.8, 4) is 0 Å². The Morgan fingerprint density at radius 3 is 2.31 bits per heavy atom. The first-order chi connectivity index (χ1) is 12.5. The van der Waals surface area contributed by atoms with Crippen LogP contribution in [-0.2, 0) is 19.9 Å². The van der Waals surface area contributed by atoms with Crippen molar-refractivity contribution in [1.82, 2.24) is 0 Å². The van der Waals surface area contributed by atoms with Gasteiger partial charge in [0, 0.05) is 24.3 Å². The van der Waals surface area contributed by atoms with E-state index in [1.54, 1.807) is 0 Å². The smallest absolute Gasteiger partial charge is 0.284 e. The maximum atomic E-state index is 13.5. The molecule has 1 aromatic carbocycles. The summed E-state index contributed by atoms with van der Waals surface area (Å²) in [6.07, 6.45) is 6.02. The molecule has 1 aliphatic heterocycles. The molecule has 26 heavy (non-hydrogen) atoms. The molecule has 1 saturated carbocycles. The lowest BCUT2D eigenvalue weighted by molar-refractivity contribution is -0.884. The predicted octanol–water partition coefficient (Wildman–Crippen LogP) is 3.64. The van der Waals surface area contributed by atoms with Crippen molar-refractivity contribution in [2.24, 2.45) is 5.92 Å². The van der Waals surface area contributed by atoms with Crippen molar-refractivity contribution in [2.45, 2.75) is 57.4 Å². The number of likely N-dealkylation sites (tertiary alicyclic amines) is 1. The summed E-state index contributed by atoms with van der Waals surface area (Å²) in [7, 11) is 0. The highest BCUT2D eigenvalue weighted by molar-refractivity contribution is 7.96. The SMILES string of the molecule is CC[N+]1(C(=O)C(=O)C2CCCCC2)CCC[C@@]1(C(=O)S)c1ccccc1. The third kappa shape index (κ3) is 2.85. The standard InChI is InChI=1S/C21H27NO3S/c1-2-22(19(24)18(23)16-10-5-3-6-11-16)15-9-14-21(22,20(25)26)17-12-7-4-8-13-17/h4,7-8,12-13,16H,2-3,5-6,9-11,14-15H2,1H3/p+1/t21-,22?/m0/s1. The van der Waals surface area contributed by atoms with Crippen molar-refractivity contribution in [2.75, 3.05) is 13.1 Å². The van der Waals surface area contributed by atoms with Gasteiger partial charge in [-0.05, 0) is 19.8 Å². The van der Waals surface area contributed by atoms with E-state index in [1.165, 1.54) is 0 Å². The van der Waals surface area contributed by atoms with Crippen LogP contribution in [-0.4, -0.2) is 34.4 Å². The third-order valence-corrected chi connectivity index (χ3v) is 6.90. The molecule has 1 amide bonds. The Hall–Kier alpha value is -1.46. The highest BCUT2D eigenvalue weighted by Gasteiger charge is 2.64. The van der Waals surface area contributed by atoms with Crippen LogP contribution in [0.1, 0.15) is 57.4 Å². The number of thiol groups is 1. The minimum Gasteiger partial charge on any atom is -0.284 e. The van der Waals surface area contributed by atoms with Crippen LogP contribution in [0.15, 0.2) is 30.3 Å². The normalized spacial score (nSPS) is 29.5. The average Bonchev–Trinajstić information content (AvgIpc) is 3.10. The first kappa shape index (κ1) is 19.3. The molecule has 140 valence electrons. The Labute approximate surface area is 161 Å². The van der Waals surface area contributed by atoms with E-state index in [0.29, 0.717) is 19.5 Å². The van der Waals surface area contributed by atoms with Gasteiger partial charge in [0.05, 0.1) is 13.1 Å². The van der Waals surface area contributed by atoms with Crippen LogP contribution in [0.4, 0.5) is 0 Å². The Kier molecular flexibility index (Phi) is 5.68. The molecule has 0 spiro atoms. The van der Waals surface area contributed by atoms with Crippen LogP contribution in [0.3, 0.4) is 0 Å². The molecule has 0 N–H and O–H groups in total. The van der Waals surface area contributed by atoms with E-state index >= 15 is 0 Å². The van der Waals surface area contributed by atoms with E-state index in [2.05, 4.69) is 12.6 Å². The lowest BCUT2D eigenvalue weighted by Gasteiger charge is -2.44. The maximum Gasteiger partial charge on any atom is 0.383 e. The zero-order valence-corrected chi connectivity index (χ0v) is 16.3. The number of benzene rings is 1. The lowest BCUT2D eigenvalue weighted by Crippen LogP contribution is -2.66. The third-order valence-electron chi connectivity index (χ3n) is 6.53. The van der Waals surface area contributed by atoms with Crippen LogP contribution in [0.2, 0.25) is 0 Å². The number of quaternary nitrogens is 1. The summed E-state index contributed by atoms with van der Waals surface area (Å²) in [5.74, 6) is -0.839. The number of hydrogen-bond donors (Lipinski definition) is 1. The highest BCUT2D eigenvalue weighted by atomic mass is 32.1. The van der Waals surface area contributed by atoms with Gasteiger partial charge in [-0.2, -0.15) is 0 Å². The molecule has 1 unspecified atom stereocenters. The molecule has 0 aromatic heterocycles. The summed E-state index contributed by atoms with van der Waals surface area (Å²) in [6.45, 7) is 2.86. The van der Waals surface area contributed by atoms with Gasteiger partial charge in [-0.15, -0.1) is 0 Å². The van der Waals surface area contributed by atoms with Gasteiger partial charge in [-0.3, -0.25) is 9.59 Å². The molecule has 5 heteroatoms. The number of Topliss-reactive ketones (excluding diaryl/α,β-unsaturated/α-hetero) is 1. The Balaban J connectivity index is 2.06. The lowest BCUT2D eigenvalue weighted by atomic mass is 9.82. The van der Waals surface area contributed by atoms with E-state index in [4.69, 9.17) is 0 Å². The van der Waals surface area contributed by atoms with Gasteiger partial charge >= 0.3 is 5.91 Å². The maximum absolute atomic E-state index is 13.5. The molecule has 4 nitrogen and oxygen atoms in total. The van der Waals surface area contributed by atoms with E-state index in [9.17, 15) is 14.4 Å². The summed E-state index contributed by atoms with van der Waals surface area (Å²) in [5, 5.41) is -0.312. The van der Waals surface area contributed by atoms with Gasteiger partial charge in [0.15, 0.2) is 0 Å². The van der Waals surface area contributed by atoms with E-state index in [0.717, 1.165) is 44.1 Å². The zero-order chi connectivity index (χ0) is 18.8. The first-order valence-electron chi connectivity index (χ1n) is 9.74. The molecule has 1 heterocycles. The highest BCUT2D eigenvalue weighted by Crippen LogP contribution is 2.47. The van der Waals surface area contributed by atoms with Crippen molar-refractivity contribution < 1.29 is 18.9 Å². The fraction of sp³-hybridized carbons (Fsp3) is 0.571.